The lowest BCUT2D eigenvalue weighted by molar-refractivity contribution is 0.301. The van der Waals surface area contributed by atoms with Crippen LogP contribution in [0.2, 0.25) is 0 Å². The van der Waals surface area contributed by atoms with Crippen LogP contribution in [-0.4, -0.2) is 11.5 Å². The molecule has 0 amide bonds. The number of hydrogen-bond donors (Lipinski definition) is 1. The van der Waals surface area contributed by atoms with Crippen molar-refractivity contribution in [1.82, 2.24) is 10.3 Å². The molecule has 21 heavy (non-hydrogen) atoms. The Balaban J connectivity index is 1.82. The van der Waals surface area contributed by atoms with E-state index in [1.54, 1.807) is 0 Å². The van der Waals surface area contributed by atoms with Gasteiger partial charge in [0.2, 0.25) is 0 Å². The third kappa shape index (κ3) is 5.86. The third-order valence-electron chi connectivity index (χ3n) is 2.95. The monoisotopic (exact) mass is 348 g/mol. The van der Waals surface area contributed by atoms with Crippen LogP contribution in [0.15, 0.2) is 47.1 Å². The minimum Gasteiger partial charge on any atom is -0.487 e. The topological polar surface area (TPSA) is 34.1 Å². The number of nitrogens with zero attached hydrogens (tertiary/aromatic N) is 1. The van der Waals surface area contributed by atoms with Crippen molar-refractivity contribution in [3.05, 3.63) is 58.3 Å². The second kappa shape index (κ2) is 8.15. The minimum absolute atomic E-state index is 0.482. The molecule has 0 unspecified atom stereocenters. The summed E-state index contributed by atoms with van der Waals surface area (Å²) in [5.41, 5.74) is 2.13. The van der Waals surface area contributed by atoms with Crippen LogP contribution in [0.3, 0.4) is 0 Å². The molecule has 0 saturated heterocycles. The highest BCUT2D eigenvalue weighted by Gasteiger charge is 2.00. The van der Waals surface area contributed by atoms with Gasteiger partial charge in [-0.2, -0.15) is 0 Å². The lowest BCUT2D eigenvalue weighted by Crippen LogP contribution is -2.19. The van der Waals surface area contributed by atoms with Gasteiger partial charge in [0, 0.05) is 17.2 Å². The van der Waals surface area contributed by atoms with Gasteiger partial charge < -0.3 is 10.1 Å². The van der Waals surface area contributed by atoms with Crippen LogP contribution in [-0.2, 0) is 13.2 Å². The smallest absolute Gasteiger partial charge is 0.130 e. The largest absolute Gasteiger partial charge is 0.487 e. The molecule has 112 valence electrons. The predicted molar refractivity (Wildman–Crippen MR) is 89.3 cm³/mol. The summed E-state index contributed by atoms with van der Waals surface area (Å²) in [6, 6.07) is 11.9. The lowest BCUT2D eigenvalue weighted by atomic mass is 10.2. The van der Waals surface area contributed by atoms with Gasteiger partial charge in [0.05, 0.1) is 5.69 Å². The van der Waals surface area contributed by atoms with Crippen LogP contribution in [0.5, 0.6) is 5.75 Å². The lowest BCUT2D eigenvalue weighted by Gasteiger charge is -2.09. The summed E-state index contributed by atoms with van der Waals surface area (Å²) in [5.74, 6) is 1.50. The molecule has 1 aromatic heterocycles. The average molecular weight is 349 g/mol. The summed E-state index contributed by atoms with van der Waals surface area (Å²) < 4.78 is 6.73. The van der Waals surface area contributed by atoms with Crippen LogP contribution in [0.1, 0.15) is 25.1 Å². The van der Waals surface area contributed by atoms with Gasteiger partial charge in [0.15, 0.2) is 0 Å². The first-order chi connectivity index (χ1) is 10.1. The van der Waals surface area contributed by atoms with E-state index in [1.165, 1.54) is 5.56 Å². The quantitative estimate of drug-likeness (QED) is 0.815. The van der Waals surface area contributed by atoms with Crippen molar-refractivity contribution < 1.29 is 4.74 Å². The fourth-order valence-electron chi connectivity index (χ4n) is 1.86. The molecule has 1 heterocycles. The van der Waals surface area contributed by atoms with Gasteiger partial charge in [-0.3, -0.25) is 4.98 Å². The number of benzene rings is 1. The van der Waals surface area contributed by atoms with Crippen LogP contribution in [0, 0.1) is 5.92 Å². The SMILES string of the molecule is CC(C)CNCc1ccc(COc2cccc(Br)c2)nc1. The van der Waals surface area contributed by atoms with Crippen molar-refractivity contribution in [2.45, 2.75) is 27.0 Å². The Labute approximate surface area is 134 Å². The number of ether oxygens (including phenoxy) is 1. The minimum atomic E-state index is 0.482. The maximum Gasteiger partial charge on any atom is 0.130 e. The second-order valence-electron chi connectivity index (χ2n) is 5.43. The zero-order chi connectivity index (χ0) is 15.1. The van der Waals surface area contributed by atoms with E-state index in [4.69, 9.17) is 4.74 Å². The molecule has 0 bridgehead atoms. The van der Waals surface area contributed by atoms with Gasteiger partial charge >= 0.3 is 0 Å². The number of hydrogen-bond acceptors (Lipinski definition) is 3. The Kier molecular flexibility index (Phi) is 6.21. The van der Waals surface area contributed by atoms with Crippen molar-refractivity contribution >= 4 is 15.9 Å². The van der Waals surface area contributed by atoms with Crippen LogP contribution < -0.4 is 10.1 Å². The maximum atomic E-state index is 5.72. The molecule has 3 nitrogen and oxygen atoms in total. The van der Waals surface area contributed by atoms with E-state index in [0.717, 1.165) is 29.0 Å². The molecule has 1 aromatic carbocycles. The van der Waals surface area contributed by atoms with Crippen molar-refractivity contribution in [2.24, 2.45) is 5.92 Å². The van der Waals surface area contributed by atoms with Crippen LogP contribution in [0.4, 0.5) is 0 Å². The highest BCUT2D eigenvalue weighted by Crippen LogP contribution is 2.18. The number of halogens is 1. The molecule has 1 N–H and O–H groups in total. The first-order valence-electron chi connectivity index (χ1n) is 7.16. The molecule has 2 rings (SSSR count). The molecule has 2 aromatic rings. The Morgan fingerprint density at radius 1 is 1.24 bits per heavy atom. The Bertz CT molecular complexity index is 555. The second-order valence-corrected chi connectivity index (χ2v) is 6.34. The Morgan fingerprint density at radius 2 is 2.10 bits per heavy atom. The van der Waals surface area contributed by atoms with E-state index in [2.05, 4.69) is 46.1 Å². The number of nitrogens with one attached hydrogen (secondary N) is 1. The van der Waals surface area contributed by atoms with Gasteiger partial charge in [-0.15, -0.1) is 0 Å². The molecule has 0 saturated carbocycles. The Hall–Kier alpha value is -1.39. The van der Waals surface area contributed by atoms with E-state index in [9.17, 15) is 0 Å². The molecule has 0 fully saturated rings. The van der Waals surface area contributed by atoms with Crippen molar-refractivity contribution in [1.29, 1.82) is 0 Å². The molecule has 0 aliphatic carbocycles. The van der Waals surface area contributed by atoms with Gasteiger partial charge in [0.1, 0.15) is 12.4 Å². The zero-order valence-electron chi connectivity index (χ0n) is 12.5. The van der Waals surface area contributed by atoms with E-state index in [0.29, 0.717) is 12.5 Å². The van der Waals surface area contributed by atoms with Gasteiger partial charge in [-0.05, 0) is 42.3 Å². The average Bonchev–Trinajstić information content (AvgIpc) is 2.46. The maximum absolute atomic E-state index is 5.72. The van der Waals surface area contributed by atoms with Crippen molar-refractivity contribution in [2.75, 3.05) is 6.54 Å². The first-order valence-corrected chi connectivity index (χ1v) is 7.95. The molecular weight excluding hydrogens is 328 g/mol. The molecule has 0 aliphatic rings. The van der Waals surface area contributed by atoms with Crippen LogP contribution >= 0.6 is 15.9 Å². The number of aromatic nitrogens is 1. The van der Waals surface area contributed by atoms with E-state index in [-0.39, 0.29) is 0 Å². The molecule has 4 heteroatoms. The Morgan fingerprint density at radius 3 is 2.76 bits per heavy atom. The molecule has 0 radical (unpaired) electrons. The highest BCUT2D eigenvalue weighted by molar-refractivity contribution is 9.10. The predicted octanol–water partition coefficient (Wildman–Crippen LogP) is 4.17. The fraction of sp³-hybridized carbons (Fsp3) is 0.353. The summed E-state index contributed by atoms with van der Waals surface area (Å²) in [7, 11) is 0. The summed E-state index contributed by atoms with van der Waals surface area (Å²) >= 11 is 3.43. The van der Waals surface area contributed by atoms with Crippen molar-refractivity contribution in [3.63, 3.8) is 0 Å². The molecule has 0 atom stereocenters. The third-order valence-corrected chi connectivity index (χ3v) is 3.44. The zero-order valence-corrected chi connectivity index (χ0v) is 14.1. The standard InChI is InChI=1S/C17H21BrN2O/c1-13(2)9-19-10-14-6-7-16(20-11-14)12-21-17-5-3-4-15(18)8-17/h3-8,11,13,19H,9-10,12H2,1-2H3. The first kappa shape index (κ1) is 16.0. The molecule has 0 aliphatic heterocycles. The van der Waals surface area contributed by atoms with E-state index in [1.807, 2.05) is 36.5 Å². The van der Waals surface area contributed by atoms with E-state index < -0.39 is 0 Å². The summed E-state index contributed by atoms with van der Waals surface area (Å²) in [6.07, 6.45) is 1.91. The normalized spacial score (nSPS) is 10.9. The summed E-state index contributed by atoms with van der Waals surface area (Å²) in [4.78, 5) is 4.44. The fourth-order valence-corrected chi connectivity index (χ4v) is 2.24. The van der Waals surface area contributed by atoms with Gasteiger partial charge in [-0.1, -0.05) is 41.9 Å². The number of pyridine rings is 1. The number of rotatable bonds is 7. The highest BCUT2D eigenvalue weighted by atomic mass is 79.9. The van der Waals surface area contributed by atoms with Gasteiger partial charge in [-0.25, -0.2) is 0 Å². The molecule has 0 spiro atoms. The summed E-state index contributed by atoms with van der Waals surface area (Å²) in [5, 5.41) is 3.41. The molecular formula is C17H21BrN2O. The summed E-state index contributed by atoms with van der Waals surface area (Å²) in [6.45, 7) is 6.77. The van der Waals surface area contributed by atoms with Gasteiger partial charge in [0.25, 0.3) is 0 Å². The van der Waals surface area contributed by atoms with E-state index >= 15 is 0 Å². The van der Waals surface area contributed by atoms with Crippen LogP contribution in [0.25, 0.3) is 0 Å². The van der Waals surface area contributed by atoms with Crippen molar-refractivity contribution in [3.8, 4) is 5.75 Å².